The van der Waals surface area contributed by atoms with E-state index in [0.29, 0.717) is 0 Å². The standard InChI is InChI=1S/C27H41F/c1-2-3-4-7-22-10-16-25(17-11-22)26-18-12-23(13-19-26)8-5-6-9-24-14-20-27(28)21-15-24/h6,9,14-15,20-23,25-26H,2-5,7-8,10-13,16-19H2,1H3/b9-6-. The highest BCUT2D eigenvalue weighted by Gasteiger charge is 2.30. The van der Waals surface area contributed by atoms with Gasteiger partial charge in [0.2, 0.25) is 0 Å². The molecule has 0 atom stereocenters. The van der Waals surface area contributed by atoms with Gasteiger partial charge in [-0.05, 0) is 79.9 Å². The lowest BCUT2D eigenvalue weighted by Gasteiger charge is -2.38. The van der Waals surface area contributed by atoms with Gasteiger partial charge in [0.1, 0.15) is 5.82 Å². The number of benzene rings is 1. The normalized spacial score (nSPS) is 28.6. The molecule has 1 heteroatoms. The molecule has 0 aromatic heterocycles. The maximum Gasteiger partial charge on any atom is 0.123 e. The molecule has 0 aliphatic heterocycles. The molecular formula is C27H41F. The first kappa shape index (κ1) is 21.6. The molecule has 2 aliphatic carbocycles. The topological polar surface area (TPSA) is 0 Å². The van der Waals surface area contributed by atoms with Crippen molar-refractivity contribution in [3.63, 3.8) is 0 Å². The summed E-state index contributed by atoms with van der Waals surface area (Å²) in [5, 5.41) is 0. The fraction of sp³-hybridized carbons (Fsp3) is 0.704. The minimum atomic E-state index is -0.154. The van der Waals surface area contributed by atoms with Gasteiger partial charge in [-0.1, -0.05) is 82.6 Å². The first-order chi connectivity index (χ1) is 13.7. The van der Waals surface area contributed by atoms with Gasteiger partial charge in [-0.25, -0.2) is 4.39 Å². The monoisotopic (exact) mass is 384 g/mol. The SMILES string of the molecule is CCCCCC1CCC(C2CCC(CC/C=C\c3ccc(F)cc3)CC2)CC1. The van der Waals surface area contributed by atoms with E-state index in [0.717, 1.165) is 35.7 Å². The molecule has 28 heavy (non-hydrogen) atoms. The van der Waals surface area contributed by atoms with Gasteiger partial charge >= 0.3 is 0 Å². The number of hydrogen-bond donors (Lipinski definition) is 0. The number of rotatable bonds is 9. The third-order valence-corrected chi connectivity index (χ3v) is 7.59. The summed E-state index contributed by atoms with van der Waals surface area (Å²) in [5.41, 5.74) is 1.11. The average Bonchev–Trinajstić information content (AvgIpc) is 2.74. The van der Waals surface area contributed by atoms with Crippen LogP contribution < -0.4 is 0 Å². The zero-order valence-electron chi connectivity index (χ0n) is 18.1. The van der Waals surface area contributed by atoms with E-state index in [2.05, 4.69) is 19.1 Å². The Balaban J connectivity index is 1.29. The van der Waals surface area contributed by atoms with Gasteiger partial charge < -0.3 is 0 Å². The molecule has 2 fully saturated rings. The van der Waals surface area contributed by atoms with E-state index < -0.39 is 0 Å². The van der Waals surface area contributed by atoms with E-state index in [9.17, 15) is 4.39 Å². The summed E-state index contributed by atoms with van der Waals surface area (Å²) in [6.07, 6.45) is 24.6. The Kier molecular flexibility index (Phi) is 9.09. The maximum atomic E-state index is 12.9. The third-order valence-electron chi connectivity index (χ3n) is 7.59. The molecule has 1 aromatic rings. The van der Waals surface area contributed by atoms with Crippen molar-refractivity contribution < 1.29 is 4.39 Å². The van der Waals surface area contributed by atoms with Crippen LogP contribution >= 0.6 is 0 Å². The first-order valence-corrected chi connectivity index (χ1v) is 12.2. The highest BCUT2D eigenvalue weighted by atomic mass is 19.1. The summed E-state index contributed by atoms with van der Waals surface area (Å²) >= 11 is 0. The van der Waals surface area contributed by atoms with Crippen LogP contribution in [0.3, 0.4) is 0 Å². The summed E-state index contributed by atoms with van der Waals surface area (Å²) in [7, 11) is 0. The lowest BCUT2D eigenvalue weighted by atomic mass is 9.68. The summed E-state index contributed by atoms with van der Waals surface area (Å²) < 4.78 is 12.9. The molecule has 0 radical (unpaired) electrons. The van der Waals surface area contributed by atoms with Crippen molar-refractivity contribution in [1.29, 1.82) is 0 Å². The van der Waals surface area contributed by atoms with Gasteiger partial charge in [-0.15, -0.1) is 0 Å². The molecule has 0 heterocycles. The minimum Gasteiger partial charge on any atom is -0.207 e. The summed E-state index contributed by atoms with van der Waals surface area (Å²) in [5.74, 6) is 3.90. The van der Waals surface area contributed by atoms with Gasteiger partial charge in [-0.2, -0.15) is 0 Å². The first-order valence-electron chi connectivity index (χ1n) is 12.2. The fourth-order valence-corrected chi connectivity index (χ4v) is 5.70. The minimum absolute atomic E-state index is 0.154. The molecule has 1 aromatic carbocycles. The average molecular weight is 385 g/mol. The highest BCUT2D eigenvalue weighted by Crippen LogP contribution is 2.43. The van der Waals surface area contributed by atoms with Gasteiger partial charge in [0, 0.05) is 0 Å². The number of halogens is 1. The molecule has 0 bridgehead atoms. The van der Waals surface area contributed by atoms with Crippen LogP contribution in [0.4, 0.5) is 4.39 Å². The van der Waals surface area contributed by atoms with Crippen molar-refractivity contribution in [3.8, 4) is 0 Å². The molecule has 0 unspecified atom stereocenters. The number of allylic oxidation sites excluding steroid dienone is 1. The van der Waals surface area contributed by atoms with E-state index in [1.54, 1.807) is 12.1 Å². The number of unbranched alkanes of at least 4 members (excludes halogenated alkanes) is 2. The molecule has 0 N–H and O–H groups in total. The van der Waals surface area contributed by atoms with Crippen LogP contribution in [0, 0.1) is 29.5 Å². The zero-order chi connectivity index (χ0) is 19.6. The Bertz CT molecular complexity index is 556. The van der Waals surface area contributed by atoms with Crippen LogP contribution in [0.25, 0.3) is 6.08 Å². The van der Waals surface area contributed by atoms with Gasteiger partial charge in [0.05, 0.1) is 0 Å². The van der Waals surface area contributed by atoms with Gasteiger partial charge in [0.25, 0.3) is 0 Å². The van der Waals surface area contributed by atoms with Crippen molar-refractivity contribution in [2.75, 3.05) is 0 Å². The van der Waals surface area contributed by atoms with Crippen molar-refractivity contribution in [2.45, 2.75) is 96.8 Å². The van der Waals surface area contributed by atoms with Crippen LogP contribution in [0.5, 0.6) is 0 Å². The summed E-state index contributed by atoms with van der Waals surface area (Å²) in [6, 6.07) is 6.80. The van der Waals surface area contributed by atoms with E-state index in [1.807, 2.05) is 12.1 Å². The van der Waals surface area contributed by atoms with Crippen LogP contribution in [0.1, 0.15) is 102 Å². The second kappa shape index (κ2) is 11.8. The van der Waals surface area contributed by atoms with E-state index in [1.165, 1.54) is 83.5 Å². The molecule has 2 saturated carbocycles. The summed E-state index contributed by atoms with van der Waals surface area (Å²) in [4.78, 5) is 0. The Labute approximate surface area is 173 Å². The Morgan fingerprint density at radius 3 is 1.93 bits per heavy atom. The largest absolute Gasteiger partial charge is 0.207 e. The van der Waals surface area contributed by atoms with Crippen molar-refractivity contribution in [1.82, 2.24) is 0 Å². The lowest BCUT2D eigenvalue weighted by molar-refractivity contribution is 0.140. The predicted octanol–water partition coefficient (Wildman–Crippen LogP) is 8.81. The third kappa shape index (κ3) is 7.05. The molecule has 0 saturated heterocycles. The van der Waals surface area contributed by atoms with Gasteiger partial charge in [0.15, 0.2) is 0 Å². The smallest absolute Gasteiger partial charge is 0.123 e. The Hall–Kier alpha value is -1.11. The Morgan fingerprint density at radius 2 is 1.36 bits per heavy atom. The molecule has 156 valence electrons. The van der Waals surface area contributed by atoms with Crippen molar-refractivity contribution in [2.24, 2.45) is 23.7 Å². The van der Waals surface area contributed by atoms with Crippen molar-refractivity contribution in [3.05, 3.63) is 41.7 Å². The second-order valence-corrected chi connectivity index (χ2v) is 9.59. The Morgan fingerprint density at radius 1 is 0.786 bits per heavy atom. The molecular weight excluding hydrogens is 343 g/mol. The molecule has 0 amide bonds. The van der Waals surface area contributed by atoms with Crippen molar-refractivity contribution >= 4 is 6.08 Å². The fourth-order valence-electron chi connectivity index (χ4n) is 5.70. The second-order valence-electron chi connectivity index (χ2n) is 9.59. The van der Waals surface area contributed by atoms with E-state index >= 15 is 0 Å². The highest BCUT2D eigenvalue weighted by molar-refractivity contribution is 5.48. The van der Waals surface area contributed by atoms with Crippen LogP contribution in [0.2, 0.25) is 0 Å². The maximum absolute atomic E-state index is 12.9. The molecule has 0 nitrogen and oxygen atoms in total. The predicted molar refractivity (Wildman–Crippen MR) is 120 cm³/mol. The number of hydrogen-bond acceptors (Lipinski definition) is 0. The molecule has 2 aliphatic rings. The quantitative estimate of drug-likeness (QED) is 0.373. The van der Waals surface area contributed by atoms with E-state index in [4.69, 9.17) is 0 Å². The van der Waals surface area contributed by atoms with Crippen LogP contribution in [-0.4, -0.2) is 0 Å². The van der Waals surface area contributed by atoms with Gasteiger partial charge in [-0.3, -0.25) is 0 Å². The molecule has 0 spiro atoms. The lowest BCUT2D eigenvalue weighted by Crippen LogP contribution is -2.25. The zero-order valence-corrected chi connectivity index (χ0v) is 18.1. The molecule has 3 rings (SSSR count). The van der Waals surface area contributed by atoms with Crippen LogP contribution in [-0.2, 0) is 0 Å². The van der Waals surface area contributed by atoms with E-state index in [-0.39, 0.29) is 5.82 Å². The summed E-state index contributed by atoms with van der Waals surface area (Å²) in [6.45, 7) is 2.31. The van der Waals surface area contributed by atoms with Crippen LogP contribution in [0.15, 0.2) is 30.3 Å².